The zero-order valence-corrected chi connectivity index (χ0v) is 18.9. The zero-order chi connectivity index (χ0) is 24.0. The Morgan fingerprint density at radius 1 is 1.00 bits per heavy atom. The van der Waals surface area contributed by atoms with Crippen LogP contribution in [0.25, 0.3) is 27.9 Å². The average Bonchev–Trinajstić information content (AvgIpc) is 3.49. The molecule has 0 unspecified atom stereocenters. The molecule has 5 aromatic rings. The lowest BCUT2D eigenvalue weighted by Crippen LogP contribution is -2.43. The van der Waals surface area contributed by atoms with E-state index in [-0.39, 0.29) is 12.4 Å². The number of hydrogen-bond acceptors (Lipinski definition) is 7. The van der Waals surface area contributed by atoms with Crippen LogP contribution >= 0.6 is 0 Å². The maximum Gasteiger partial charge on any atom is 0.229 e. The van der Waals surface area contributed by atoms with Gasteiger partial charge < -0.3 is 19.7 Å². The number of aliphatic hydroxyl groups is 2. The number of benzene rings is 2. The molecule has 1 saturated heterocycles. The number of aliphatic hydroxyl groups excluding tert-OH is 1. The second kappa shape index (κ2) is 8.40. The molecule has 2 N–H and O–H groups in total. The molecule has 2 aromatic carbocycles. The van der Waals surface area contributed by atoms with Crippen molar-refractivity contribution in [1.82, 2.24) is 29.3 Å². The van der Waals surface area contributed by atoms with Crippen molar-refractivity contribution in [3.63, 3.8) is 0 Å². The Balaban J connectivity index is 1.40. The molecular weight excluding hydrogens is 449 g/mol. The van der Waals surface area contributed by atoms with Gasteiger partial charge in [0.1, 0.15) is 5.82 Å². The van der Waals surface area contributed by atoms with Crippen molar-refractivity contribution in [3.8, 4) is 5.82 Å². The second-order valence-electron chi connectivity index (χ2n) is 8.82. The van der Waals surface area contributed by atoms with Crippen molar-refractivity contribution in [3.05, 3.63) is 72.4 Å². The molecule has 1 fully saturated rings. The lowest BCUT2D eigenvalue weighted by molar-refractivity contribution is 0.0115. The first-order chi connectivity index (χ1) is 17.1. The van der Waals surface area contributed by atoms with E-state index in [1.807, 2.05) is 29.2 Å². The smallest absolute Gasteiger partial charge is 0.229 e. The first-order valence-electron chi connectivity index (χ1n) is 11.6. The Hall–Kier alpha value is -3.89. The summed E-state index contributed by atoms with van der Waals surface area (Å²) in [6, 6.07) is 13.9. The van der Waals surface area contributed by atoms with Gasteiger partial charge in [-0.1, -0.05) is 30.3 Å². The number of halogens is 1. The SMILES string of the molecule is OCCn1cnc2c(-n3ncc4ccccc43)nc(N3CCC(O)(c4ccc(F)cc4)CC3)nc21. The first-order valence-corrected chi connectivity index (χ1v) is 11.6. The van der Waals surface area contributed by atoms with Crippen LogP contribution in [0.3, 0.4) is 0 Å². The standard InChI is InChI=1S/C25H24FN7O2/c26-19-7-5-18(6-8-19)25(35)9-11-31(12-10-25)24-29-22-21(27-16-32(22)13-14-34)23(30-24)33-20-4-2-1-3-17(20)15-28-33/h1-8,15-16,34-35H,9-14H2. The van der Waals surface area contributed by atoms with Gasteiger partial charge in [-0.2, -0.15) is 15.1 Å². The molecule has 0 bridgehead atoms. The Labute approximate surface area is 200 Å². The van der Waals surface area contributed by atoms with Crippen molar-refractivity contribution < 1.29 is 14.6 Å². The number of piperidine rings is 1. The predicted molar refractivity (Wildman–Crippen MR) is 129 cm³/mol. The van der Waals surface area contributed by atoms with Crippen LogP contribution in [0.4, 0.5) is 10.3 Å². The largest absolute Gasteiger partial charge is 0.395 e. The molecule has 0 spiro atoms. The van der Waals surface area contributed by atoms with Gasteiger partial charge in [-0.25, -0.2) is 14.1 Å². The van der Waals surface area contributed by atoms with E-state index in [2.05, 4.69) is 10.1 Å². The van der Waals surface area contributed by atoms with Crippen LogP contribution in [-0.4, -0.2) is 59.2 Å². The molecule has 1 aliphatic rings. The number of imidazole rings is 1. The van der Waals surface area contributed by atoms with Gasteiger partial charge in [-0.15, -0.1) is 0 Å². The summed E-state index contributed by atoms with van der Waals surface area (Å²) in [5, 5.41) is 26.3. The quantitative estimate of drug-likeness (QED) is 0.404. The summed E-state index contributed by atoms with van der Waals surface area (Å²) in [7, 11) is 0. The number of nitrogens with zero attached hydrogens (tertiary/aromatic N) is 7. The monoisotopic (exact) mass is 473 g/mol. The molecule has 35 heavy (non-hydrogen) atoms. The molecule has 3 aromatic heterocycles. The molecule has 10 heteroatoms. The highest BCUT2D eigenvalue weighted by Gasteiger charge is 2.35. The number of anilines is 1. The van der Waals surface area contributed by atoms with Crippen LogP contribution < -0.4 is 4.90 Å². The number of rotatable bonds is 5. The summed E-state index contributed by atoms with van der Waals surface area (Å²) in [5.74, 6) is 0.741. The molecule has 0 radical (unpaired) electrons. The third kappa shape index (κ3) is 3.71. The minimum absolute atomic E-state index is 0.0424. The highest BCUT2D eigenvalue weighted by Crippen LogP contribution is 2.34. The van der Waals surface area contributed by atoms with Crippen molar-refractivity contribution in [2.75, 3.05) is 24.6 Å². The summed E-state index contributed by atoms with van der Waals surface area (Å²) >= 11 is 0. The van der Waals surface area contributed by atoms with Gasteiger partial charge in [0.25, 0.3) is 0 Å². The van der Waals surface area contributed by atoms with Crippen molar-refractivity contribution in [1.29, 1.82) is 0 Å². The molecule has 0 amide bonds. The Morgan fingerprint density at radius 3 is 2.54 bits per heavy atom. The van der Waals surface area contributed by atoms with Gasteiger partial charge in [0.2, 0.25) is 5.95 Å². The third-order valence-electron chi connectivity index (χ3n) is 6.71. The fourth-order valence-electron chi connectivity index (χ4n) is 4.74. The predicted octanol–water partition coefficient (Wildman–Crippen LogP) is 2.78. The lowest BCUT2D eigenvalue weighted by atomic mass is 9.84. The Morgan fingerprint density at radius 2 is 1.77 bits per heavy atom. The highest BCUT2D eigenvalue weighted by atomic mass is 19.1. The minimum atomic E-state index is -1.03. The number of fused-ring (bicyclic) bond motifs is 2. The zero-order valence-electron chi connectivity index (χ0n) is 18.9. The van der Waals surface area contributed by atoms with Gasteiger partial charge in [0.15, 0.2) is 17.0 Å². The van der Waals surface area contributed by atoms with Crippen LogP contribution in [0, 0.1) is 5.82 Å². The van der Waals surface area contributed by atoms with E-state index in [1.165, 1.54) is 12.1 Å². The molecule has 9 nitrogen and oxygen atoms in total. The fraction of sp³-hybridized carbons (Fsp3) is 0.280. The molecular formula is C25H24FN7O2. The van der Waals surface area contributed by atoms with E-state index in [0.717, 1.165) is 10.9 Å². The number of hydrogen-bond donors (Lipinski definition) is 2. The van der Waals surface area contributed by atoms with Gasteiger partial charge in [0, 0.05) is 25.0 Å². The van der Waals surface area contributed by atoms with E-state index in [1.54, 1.807) is 33.9 Å². The minimum Gasteiger partial charge on any atom is -0.395 e. The molecule has 0 saturated carbocycles. The third-order valence-corrected chi connectivity index (χ3v) is 6.71. The van der Waals surface area contributed by atoms with E-state index in [9.17, 15) is 14.6 Å². The van der Waals surface area contributed by atoms with E-state index in [0.29, 0.717) is 61.0 Å². The first kappa shape index (κ1) is 21.6. The summed E-state index contributed by atoms with van der Waals surface area (Å²) < 4.78 is 16.9. The highest BCUT2D eigenvalue weighted by molar-refractivity contribution is 5.85. The second-order valence-corrected chi connectivity index (χ2v) is 8.82. The van der Waals surface area contributed by atoms with Gasteiger partial charge >= 0.3 is 0 Å². The van der Waals surface area contributed by atoms with E-state index < -0.39 is 5.60 Å². The Kier molecular flexibility index (Phi) is 5.19. The van der Waals surface area contributed by atoms with Gasteiger partial charge in [-0.05, 0) is 36.6 Å². The molecule has 0 aliphatic carbocycles. The van der Waals surface area contributed by atoms with E-state index in [4.69, 9.17) is 9.97 Å². The van der Waals surface area contributed by atoms with Crippen LogP contribution in [0.5, 0.6) is 0 Å². The average molecular weight is 474 g/mol. The summed E-state index contributed by atoms with van der Waals surface area (Å²) in [6.07, 6.45) is 4.35. The molecule has 0 atom stereocenters. The van der Waals surface area contributed by atoms with Crippen LogP contribution in [0.1, 0.15) is 18.4 Å². The van der Waals surface area contributed by atoms with E-state index >= 15 is 0 Å². The normalized spacial score (nSPS) is 15.8. The van der Waals surface area contributed by atoms with Gasteiger partial charge in [0.05, 0.1) is 30.2 Å². The topological polar surface area (TPSA) is 105 Å². The molecule has 6 rings (SSSR count). The maximum atomic E-state index is 13.4. The van der Waals surface area contributed by atoms with Crippen LogP contribution in [0.2, 0.25) is 0 Å². The summed E-state index contributed by atoms with van der Waals surface area (Å²) in [6.45, 7) is 1.36. The van der Waals surface area contributed by atoms with Crippen LogP contribution in [-0.2, 0) is 12.1 Å². The molecule has 4 heterocycles. The molecule has 178 valence electrons. The van der Waals surface area contributed by atoms with Crippen molar-refractivity contribution in [2.24, 2.45) is 0 Å². The maximum absolute atomic E-state index is 13.4. The molecule has 1 aliphatic heterocycles. The summed E-state index contributed by atoms with van der Waals surface area (Å²) in [4.78, 5) is 16.2. The van der Waals surface area contributed by atoms with Crippen LogP contribution in [0.15, 0.2) is 61.1 Å². The number of aromatic nitrogens is 6. The Bertz CT molecular complexity index is 1500. The fourth-order valence-corrected chi connectivity index (χ4v) is 4.74. The lowest BCUT2D eigenvalue weighted by Gasteiger charge is -2.38. The summed E-state index contributed by atoms with van der Waals surface area (Å²) in [5.41, 5.74) is 1.78. The van der Waals surface area contributed by atoms with Crippen molar-refractivity contribution >= 4 is 28.0 Å². The van der Waals surface area contributed by atoms with Gasteiger partial charge in [-0.3, -0.25) is 0 Å². The number of para-hydroxylation sites is 1. The van der Waals surface area contributed by atoms with Crippen molar-refractivity contribution in [2.45, 2.75) is 25.0 Å².